The lowest BCUT2D eigenvalue weighted by Gasteiger charge is -2.32. The molecule has 120 valence electrons. The predicted molar refractivity (Wildman–Crippen MR) is 90.3 cm³/mol. The largest absolute Gasteiger partial charge is 0.335 e. The van der Waals surface area contributed by atoms with Crippen molar-refractivity contribution < 1.29 is 4.79 Å². The molecule has 1 aromatic rings. The molecule has 1 aliphatic carbocycles. The molecule has 0 spiro atoms. The van der Waals surface area contributed by atoms with Crippen molar-refractivity contribution in [2.75, 3.05) is 20.6 Å². The molecule has 1 heterocycles. The summed E-state index contributed by atoms with van der Waals surface area (Å²) in [5.41, 5.74) is 4.90. The number of fused-ring (bicyclic) bond motifs is 1. The first-order valence-corrected chi connectivity index (χ1v) is 8.39. The smallest absolute Gasteiger partial charge is 0.254 e. The second-order valence-electron chi connectivity index (χ2n) is 8.14. The van der Waals surface area contributed by atoms with E-state index in [0.29, 0.717) is 6.04 Å². The Morgan fingerprint density at radius 1 is 1.23 bits per heavy atom. The highest BCUT2D eigenvalue weighted by molar-refractivity contribution is 5.98. The number of carbonyl (C=O) groups excluding carboxylic acids is 1. The van der Waals surface area contributed by atoms with Gasteiger partial charge in [0.25, 0.3) is 5.91 Å². The maximum atomic E-state index is 13.0. The summed E-state index contributed by atoms with van der Waals surface area (Å²) >= 11 is 0. The van der Waals surface area contributed by atoms with E-state index in [-0.39, 0.29) is 11.3 Å². The van der Waals surface area contributed by atoms with Crippen LogP contribution < -0.4 is 0 Å². The van der Waals surface area contributed by atoms with Crippen LogP contribution in [0.2, 0.25) is 0 Å². The van der Waals surface area contributed by atoms with Crippen LogP contribution in [0.4, 0.5) is 0 Å². The molecule has 1 aromatic carbocycles. The highest BCUT2D eigenvalue weighted by atomic mass is 16.2. The summed E-state index contributed by atoms with van der Waals surface area (Å²) < 4.78 is 0. The second-order valence-corrected chi connectivity index (χ2v) is 8.14. The number of carbonyl (C=O) groups is 1. The number of rotatable bonds is 3. The highest BCUT2D eigenvalue weighted by Gasteiger charge is 2.37. The van der Waals surface area contributed by atoms with E-state index in [1.807, 2.05) is 0 Å². The van der Waals surface area contributed by atoms with Gasteiger partial charge < -0.3 is 9.80 Å². The van der Waals surface area contributed by atoms with Gasteiger partial charge in [0.15, 0.2) is 0 Å². The third-order valence-electron chi connectivity index (χ3n) is 4.74. The van der Waals surface area contributed by atoms with Gasteiger partial charge in [-0.05, 0) is 55.5 Å². The van der Waals surface area contributed by atoms with Crippen LogP contribution in [0.25, 0.3) is 0 Å². The van der Waals surface area contributed by atoms with E-state index in [4.69, 9.17) is 0 Å². The van der Waals surface area contributed by atoms with Crippen molar-refractivity contribution >= 4 is 5.91 Å². The van der Waals surface area contributed by atoms with Crippen LogP contribution in [0.3, 0.4) is 0 Å². The van der Waals surface area contributed by atoms with E-state index in [9.17, 15) is 4.79 Å². The summed E-state index contributed by atoms with van der Waals surface area (Å²) in [4.78, 5) is 17.2. The van der Waals surface area contributed by atoms with Crippen molar-refractivity contribution in [2.24, 2.45) is 0 Å². The molecule has 3 nitrogen and oxygen atoms in total. The molecule has 0 aromatic heterocycles. The second kappa shape index (κ2) is 5.38. The van der Waals surface area contributed by atoms with Crippen molar-refractivity contribution in [3.63, 3.8) is 0 Å². The maximum absolute atomic E-state index is 13.0. The summed E-state index contributed by atoms with van der Waals surface area (Å²) in [6, 6.07) is 5.04. The average Bonchev–Trinajstić information content (AvgIpc) is 3.21. The fourth-order valence-corrected chi connectivity index (χ4v) is 3.36. The molecular formula is C19H28N2O. The Morgan fingerprint density at radius 3 is 2.45 bits per heavy atom. The molecule has 2 aliphatic rings. The monoisotopic (exact) mass is 300 g/mol. The number of amides is 1. The minimum absolute atomic E-state index is 0.118. The summed E-state index contributed by atoms with van der Waals surface area (Å²) in [5.74, 6) is 0.265. The third kappa shape index (κ3) is 2.91. The van der Waals surface area contributed by atoms with Crippen molar-refractivity contribution in [3.8, 4) is 0 Å². The summed E-state index contributed by atoms with van der Waals surface area (Å²) in [6.45, 7) is 8.46. The molecule has 0 N–H and O–H groups in total. The van der Waals surface area contributed by atoms with Crippen molar-refractivity contribution in [3.05, 3.63) is 34.4 Å². The lowest BCUT2D eigenvalue weighted by atomic mass is 9.81. The van der Waals surface area contributed by atoms with Gasteiger partial charge in [0.2, 0.25) is 0 Å². The summed E-state index contributed by atoms with van der Waals surface area (Å²) in [5, 5.41) is 0. The average molecular weight is 300 g/mol. The van der Waals surface area contributed by atoms with E-state index >= 15 is 0 Å². The highest BCUT2D eigenvalue weighted by Crippen LogP contribution is 2.35. The van der Waals surface area contributed by atoms with Crippen LogP contribution >= 0.6 is 0 Å². The normalized spacial score (nSPS) is 18.8. The Balaban J connectivity index is 2.07. The number of nitrogens with zero attached hydrogens (tertiary/aromatic N) is 2. The molecule has 1 aliphatic heterocycles. The van der Waals surface area contributed by atoms with E-state index in [1.54, 1.807) is 0 Å². The topological polar surface area (TPSA) is 23.6 Å². The Kier molecular flexibility index (Phi) is 3.80. The van der Waals surface area contributed by atoms with Gasteiger partial charge in [-0.15, -0.1) is 0 Å². The summed E-state index contributed by atoms with van der Waals surface area (Å²) in [6.07, 6.45) is 3.37. The lowest BCUT2D eigenvalue weighted by Crippen LogP contribution is -2.40. The quantitative estimate of drug-likeness (QED) is 0.856. The van der Waals surface area contributed by atoms with E-state index in [0.717, 1.165) is 25.1 Å². The zero-order valence-electron chi connectivity index (χ0n) is 14.6. The zero-order chi connectivity index (χ0) is 16.1. The standard InChI is InChI=1S/C19H28N2O/c1-19(2,3)15-10-13-8-9-21(16-6-7-16)18(22)17(13)14(11-15)12-20(4)5/h10-11,16H,6-9,12H2,1-5H3. The molecule has 3 rings (SSSR count). The minimum Gasteiger partial charge on any atom is -0.335 e. The number of hydrogen-bond acceptors (Lipinski definition) is 2. The van der Waals surface area contributed by atoms with Gasteiger partial charge in [-0.1, -0.05) is 32.9 Å². The van der Waals surface area contributed by atoms with Gasteiger partial charge in [-0.2, -0.15) is 0 Å². The van der Waals surface area contributed by atoms with E-state index < -0.39 is 0 Å². The van der Waals surface area contributed by atoms with Crippen molar-refractivity contribution in [2.45, 2.75) is 58.0 Å². The molecule has 1 saturated carbocycles. The van der Waals surface area contributed by atoms with Gasteiger partial charge in [-0.3, -0.25) is 4.79 Å². The number of benzene rings is 1. The Morgan fingerprint density at radius 2 is 1.91 bits per heavy atom. The zero-order valence-corrected chi connectivity index (χ0v) is 14.6. The molecule has 1 fully saturated rings. The van der Waals surface area contributed by atoms with Crippen molar-refractivity contribution in [1.29, 1.82) is 0 Å². The van der Waals surface area contributed by atoms with Crippen LogP contribution in [0.1, 0.15) is 60.7 Å². The maximum Gasteiger partial charge on any atom is 0.254 e. The molecule has 1 amide bonds. The predicted octanol–water partition coefficient (Wildman–Crippen LogP) is 3.21. The third-order valence-corrected chi connectivity index (χ3v) is 4.74. The Labute approximate surface area is 134 Å². The van der Waals surface area contributed by atoms with Gasteiger partial charge in [-0.25, -0.2) is 0 Å². The fraction of sp³-hybridized carbons (Fsp3) is 0.632. The molecule has 0 unspecified atom stereocenters. The van der Waals surface area contributed by atoms with Gasteiger partial charge in [0, 0.05) is 24.7 Å². The van der Waals surface area contributed by atoms with Crippen LogP contribution in [0.15, 0.2) is 12.1 Å². The minimum atomic E-state index is 0.118. The molecular weight excluding hydrogens is 272 g/mol. The Bertz CT molecular complexity index is 594. The van der Waals surface area contributed by atoms with Gasteiger partial charge >= 0.3 is 0 Å². The first-order chi connectivity index (χ1) is 10.3. The molecule has 0 bridgehead atoms. The molecule has 0 radical (unpaired) electrons. The first-order valence-electron chi connectivity index (χ1n) is 8.39. The van der Waals surface area contributed by atoms with E-state index in [2.05, 4.69) is 56.8 Å². The van der Waals surface area contributed by atoms with E-state index in [1.165, 1.54) is 29.5 Å². The summed E-state index contributed by atoms with van der Waals surface area (Å²) in [7, 11) is 4.14. The molecule has 3 heteroatoms. The first kappa shape index (κ1) is 15.5. The Hall–Kier alpha value is -1.35. The van der Waals surface area contributed by atoms with Crippen molar-refractivity contribution in [1.82, 2.24) is 9.80 Å². The van der Waals surface area contributed by atoms with Crippen LogP contribution in [-0.4, -0.2) is 42.4 Å². The van der Waals surface area contributed by atoms with Crippen LogP contribution in [0.5, 0.6) is 0 Å². The molecule has 0 atom stereocenters. The van der Waals surface area contributed by atoms with Crippen LogP contribution in [-0.2, 0) is 18.4 Å². The van der Waals surface area contributed by atoms with Crippen LogP contribution in [0, 0.1) is 0 Å². The SMILES string of the molecule is CN(C)Cc1cc(C(C)(C)C)cc2c1C(=O)N(C1CC1)CC2. The number of hydrogen-bond donors (Lipinski definition) is 0. The lowest BCUT2D eigenvalue weighted by molar-refractivity contribution is 0.0724. The van der Waals surface area contributed by atoms with Gasteiger partial charge in [0.1, 0.15) is 0 Å². The fourth-order valence-electron chi connectivity index (χ4n) is 3.36. The molecule has 0 saturated heterocycles. The molecule has 22 heavy (non-hydrogen) atoms. The van der Waals surface area contributed by atoms with Gasteiger partial charge in [0.05, 0.1) is 0 Å².